The van der Waals surface area contributed by atoms with Gasteiger partial charge in [-0.2, -0.15) is 23.1 Å². The lowest BCUT2D eigenvalue weighted by Crippen LogP contribution is -2.53. The van der Waals surface area contributed by atoms with Gasteiger partial charge in [-0.25, -0.2) is 13.8 Å². The molecule has 44 heavy (non-hydrogen) atoms. The Hall–Kier alpha value is -4.14. The second-order valence-electron chi connectivity index (χ2n) is 11.2. The Morgan fingerprint density at radius 3 is 2.61 bits per heavy atom. The summed E-state index contributed by atoms with van der Waals surface area (Å²) in [5, 5.41) is 0.172. The van der Waals surface area contributed by atoms with Gasteiger partial charge in [-0.1, -0.05) is 6.58 Å². The molecule has 0 bridgehead atoms. The molecule has 0 radical (unpaired) electrons. The number of amides is 1. The number of methoxy groups -OCH3 is 1. The standard InChI is InChI=1S/C22H21F4N7O2.C7H12FN/c1-4-15(34)33-9-11(10-33)8-32(2)20-12-7-28-19(16(23)17(12)30-21(31-20)35-3)18-13(22(24,25)26)5-6-14(27)29-18;8-6-4-7-2-1-3-9(7)5-6/h4-7,11H,1,8-10H2,2-3H3,(H2,27,29);6-7H,1-5H2. The molecule has 3 saturated heterocycles. The monoisotopic (exact) mass is 620 g/mol. The van der Waals surface area contributed by atoms with E-state index >= 15 is 4.39 Å². The van der Waals surface area contributed by atoms with Gasteiger partial charge in [0, 0.05) is 51.4 Å². The minimum absolute atomic E-state index is 0.128. The quantitative estimate of drug-likeness (QED) is 0.321. The molecule has 3 aliphatic heterocycles. The highest BCUT2D eigenvalue weighted by Crippen LogP contribution is 2.39. The largest absolute Gasteiger partial charge is 0.467 e. The lowest BCUT2D eigenvalue weighted by Gasteiger charge is -2.40. The van der Waals surface area contributed by atoms with Crippen LogP contribution in [0.3, 0.4) is 0 Å². The minimum atomic E-state index is -4.81. The van der Waals surface area contributed by atoms with E-state index in [9.17, 15) is 22.4 Å². The number of aromatic nitrogens is 4. The van der Waals surface area contributed by atoms with E-state index in [1.807, 2.05) is 0 Å². The molecule has 15 heteroatoms. The van der Waals surface area contributed by atoms with E-state index in [1.54, 1.807) is 16.8 Å². The van der Waals surface area contributed by atoms with Gasteiger partial charge >= 0.3 is 12.2 Å². The number of hydrogen-bond donors (Lipinski definition) is 1. The van der Waals surface area contributed by atoms with Crippen molar-refractivity contribution < 1.29 is 31.5 Å². The zero-order chi connectivity index (χ0) is 31.8. The number of fused-ring (bicyclic) bond motifs is 2. The molecule has 1 amide bonds. The zero-order valence-corrected chi connectivity index (χ0v) is 24.3. The lowest BCUT2D eigenvalue weighted by atomic mass is 9.99. The predicted molar refractivity (Wildman–Crippen MR) is 154 cm³/mol. The van der Waals surface area contributed by atoms with Crippen LogP contribution in [0.25, 0.3) is 22.3 Å². The fourth-order valence-electron chi connectivity index (χ4n) is 5.95. The number of halogens is 5. The molecule has 10 nitrogen and oxygen atoms in total. The first-order valence-electron chi connectivity index (χ1n) is 14.1. The summed E-state index contributed by atoms with van der Waals surface area (Å²) in [4.78, 5) is 33.3. The van der Waals surface area contributed by atoms with Crippen LogP contribution in [0.2, 0.25) is 0 Å². The van der Waals surface area contributed by atoms with Gasteiger partial charge in [0.25, 0.3) is 0 Å². The van der Waals surface area contributed by atoms with Crippen LogP contribution in [0, 0.1) is 11.7 Å². The van der Waals surface area contributed by atoms with E-state index in [1.165, 1.54) is 32.2 Å². The Labute approximate surface area is 250 Å². The van der Waals surface area contributed by atoms with Gasteiger partial charge in [-0.15, -0.1) is 0 Å². The summed E-state index contributed by atoms with van der Waals surface area (Å²) in [5.74, 6) is -1.10. The summed E-state index contributed by atoms with van der Waals surface area (Å²) in [6.45, 7) is 6.83. The fraction of sp³-hybridized carbons (Fsp3) is 0.483. The minimum Gasteiger partial charge on any atom is -0.467 e. The summed E-state index contributed by atoms with van der Waals surface area (Å²) in [5.41, 5.74) is 2.72. The summed E-state index contributed by atoms with van der Waals surface area (Å²) in [7, 11) is 3.00. The number of anilines is 2. The van der Waals surface area contributed by atoms with Gasteiger partial charge < -0.3 is 20.3 Å². The molecule has 3 aromatic rings. The third-order valence-corrected chi connectivity index (χ3v) is 8.07. The fourth-order valence-corrected chi connectivity index (χ4v) is 5.95. The number of alkyl halides is 4. The zero-order valence-electron chi connectivity index (χ0n) is 24.3. The highest BCUT2D eigenvalue weighted by Gasteiger charge is 2.37. The van der Waals surface area contributed by atoms with E-state index < -0.39 is 35.1 Å². The smallest absolute Gasteiger partial charge is 0.418 e. The van der Waals surface area contributed by atoms with Gasteiger partial charge in [0.2, 0.25) is 5.91 Å². The number of rotatable bonds is 6. The van der Waals surface area contributed by atoms with Crippen LogP contribution in [0.15, 0.2) is 31.0 Å². The Morgan fingerprint density at radius 1 is 1.20 bits per heavy atom. The first-order chi connectivity index (χ1) is 20.9. The first-order valence-corrected chi connectivity index (χ1v) is 14.1. The molecule has 0 aromatic carbocycles. The number of carbonyl (C=O) groups is 1. The molecule has 2 N–H and O–H groups in total. The molecular formula is C29H33F5N8O2. The van der Waals surface area contributed by atoms with Crippen molar-refractivity contribution in [2.45, 2.75) is 37.7 Å². The van der Waals surface area contributed by atoms with E-state index in [2.05, 4.69) is 31.4 Å². The summed E-state index contributed by atoms with van der Waals surface area (Å²) >= 11 is 0. The Kier molecular flexibility index (Phi) is 8.86. The van der Waals surface area contributed by atoms with Gasteiger partial charge in [0.05, 0.1) is 18.1 Å². The van der Waals surface area contributed by atoms with E-state index in [0.29, 0.717) is 32.2 Å². The van der Waals surface area contributed by atoms with E-state index in [-0.39, 0.29) is 40.4 Å². The molecule has 6 rings (SSSR count). The van der Waals surface area contributed by atoms with Crippen molar-refractivity contribution in [3.8, 4) is 17.4 Å². The van der Waals surface area contributed by atoms with Crippen molar-refractivity contribution in [2.75, 3.05) is 57.5 Å². The van der Waals surface area contributed by atoms with Crippen molar-refractivity contribution in [1.82, 2.24) is 29.7 Å². The molecule has 3 aliphatic rings. The van der Waals surface area contributed by atoms with Crippen molar-refractivity contribution in [3.05, 3.63) is 42.4 Å². The SMILES string of the molecule is C=CC(=O)N1CC(CN(C)c2nc(OC)nc3c(F)c(-c4nc(N)ccc4C(F)(F)F)ncc23)C1.FC1CC2CCCN2C1. The molecule has 2 atom stereocenters. The average Bonchev–Trinajstić information content (AvgIpc) is 3.54. The molecule has 0 saturated carbocycles. The number of ether oxygens (including phenoxy) is 1. The maximum Gasteiger partial charge on any atom is 0.418 e. The van der Waals surface area contributed by atoms with Crippen LogP contribution in [-0.2, 0) is 11.0 Å². The number of nitrogen functional groups attached to an aromatic ring is 1. The van der Waals surface area contributed by atoms with Gasteiger partial charge in [0.1, 0.15) is 34.7 Å². The number of likely N-dealkylation sites (tertiary alicyclic amines) is 1. The normalized spacial score (nSPS) is 20.1. The first kappa shape index (κ1) is 31.3. The molecule has 236 valence electrons. The van der Waals surface area contributed by atoms with Gasteiger partial charge in [0.15, 0.2) is 5.82 Å². The topological polar surface area (TPSA) is 114 Å². The molecular weight excluding hydrogens is 587 g/mol. The third kappa shape index (κ3) is 6.37. The summed E-state index contributed by atoms with van der Waals surface area (Å²) < 4.78 is 74.0. The van der Waals surface area contributed by atoms with Crippen LogP contribution in [-0.4, -0.2) is 94.7 Å². The second-order valence-corrected chi connectivity index (χ2v) is 11.2. The predicted octanol–water partition coefficient (Wildman–Crippen LogP) is 4.11. The van der Waals surface area contributed by atoms with Gasteiger partial charge in [-0.05, 0) is 44.0 Å². The van der Waals surface area contributed by atoms with Crippen molar-refractivity contribution in [3.63, 3.8) is 0 Å². The average molecular weight is 621 g/mol. The molecule has 6 heterocycles. The summed E-state index contributed by atoms with van der Waals surface area (Å²) in [6.07, 6.45) is 0.442. The van der Waals surface area contributed by atoms with Crippen LogP contribution in [0.4, 0.5) is 33.6 Å². The highest BCUT2D eigenvalue weighted by molar-refractivity contribution is 5.92. The number of nitrogens with two attached hydrogens (primary N) is 1. The number of hydrogen-bond acceptors (Lipinski definition) is 9. The number of pyridine rings is 2. The molecule has 3 fully saturated rings. The number of carbonyl (C=O) groups excluding carboxylic acids is 1. The Bertz CT molecular complexity index is 1540. The maximum atomic E-state index is 15.6. The molecule has 2 unspecified atom stereocenters. The van der Waals surface area contributed by atoms with Crippen LogP contribution < -0.4 is 15.4 Å². The molecule has 0 spiro atoms. The second kappa shape index (κ2) is 12.5. The van der Waals surface area contributed by atoms with Crippen LogP contribution in [0.5, 0.6) is 6.01 Å². The molecule has 3 aromatic heterocycles. The van der Waals surface area contributed by atoms with Crippen LogP contribution in [0.1, 0.15) is 24.8 Å². The Morgan fingerprint density at radius 2 is 1.95 bits per heavy atom. The Balaban J connectivity index is 0.000000361. The number of nitrogens with zero attached hydrogens (tertiary/aromatic N) is 7. The van der Waals surface area contributed by atoms with Crippen molar-refractivity contribution in [2.24, 2.45) is 5.92 Å². The highest BCUT2D eigenvalue weighted by atomic mass is 19.4. The van der Waals surface area contributed by atoms with Crippen molar-refractivity contribution >= 4 is 28.4 Å². The van der Waals surface area contributed by atoms with Crippen molar-refractivity contribution in [1.29, 1.82) is 0 Å². The summed E-state index contributed by atoms with van der Waals surface area (Å²) in [6, 6.07) is 2.14. The third-order valence-electron chi connectivity index (χ3n) is 8.07. The van der Waals surface area contributed by atoms with E-state index in [0.717, 1.165) is 25.1 Å². The molecule has 0 aliphatic carbocycles. The maximum absolute atomic E-state index is 15.6. The van der Waals surface area contributed by atoms with Crippen LogP contribution >= 0.6 is 0 Å². The van der Waals surface area contributed by atoms with Gasteiger partial charge in [-0.3, -0.25) is 14.7 Å². The van der Waals surface area contributed by atoms with E-state index in [4.69, 9.17) is 10.5 Å². The lowest BCUT2D eigenvalue weighted by molar-refractivity contribution is -0.137.